The highest BCUT2D eigenvalue weighted by atomic mass is 79.9. The van der Waals surface area contributed by atoms with Crippen LogP contribution in [0, 0.1) is 5.82 Å². The Morgan fingerprint density at radius 3 is 2.73 bits per heavy atom. The Morgan fingerprint density at radius 2 is 2.13 bits per heavy atom. The molecule has 0 saturated carbocycles. The summed E-state index contributed by atoms with van der Waals surface area (Å²) in [5, 5.41) is 0.647. The molecule has 0 radical (unpaired) electrons. The highest BCUT2D eigenvalue weighted by molar-refractivity contribution is 9.08. The van der Waals surface area contributed by atoms with Crippen molar-refractivity contribution in [2.24, 2.45) is 0 Å². The van der Waals surface area contributed by atoms with Crippen molar-refractivity contribution in [2.75, 3.05) is 20.3 Å². The summed E-state index contributed by atoms with van der Waals surface area (Å²) in [6, 6.07) is 4.96. The van der Waals surface area contributed by atoms with Crippen molar-refractivity contribution in [1.82, 2.24) is 0 Å². The average molecular weight is 277 g/mol. The van der Waals surface area contributed by atoms with Crippen LogP contribution in [0.3, 0.4) is 0 Å². The highest BCUT2D eigenvalue weighted by Gasteiger charge is 2.03. The molecule has 0 N–H and O–H groups in total. The van der Waals surface area contributed by atoms with Gasteiger partial charge in [-0.1, -0.05) is 22.0 Å². The Balaban J connectivity index is 2.47. The Hall–Kier alpha value is -0.610. The zero-order valence-corrected chi connectivity index (χ0v) is 10.2. The van der Waals surface area contributed by atoms with Crippen molar-refractivity contribution in [3.05, 3.63) is 29.6 Å². The van der Waals surface area contributed by atoms with Crippen molar-refractivity contribution in [3.8, 4) is 5.75 Å². The molecule has 0 fully saturated rings. The molecule has 4 heteroatoms. The summed E-state index contributed by atoms with van der Waals surface area (Å²) in [7, 11) is 1.63. The number of ether oxygens (including phenoxy) is 2. The van der Waals surface area contributed by atoms with Gasteiger partial charge in [-0.15, -0.1) is 0 Å². The van der Waals surface area contributed by atoms with Gasteiger partial charge in [-0.25, -0.2) is 4.39 Å². The van der Waals surface area contributed by atoms with E-state index < -0.39 is 0 Å². The second-order valence-corrected chi connectivity index (χ2v) is 3.65. The molecule has 0 heterocycles. The Bertz CT molecular complexity index is 305. The van der Waals surface area contributed by atoms with Crippen LogP contribution in [-0.4, -0.2) is 20.3 Å². The lowest BCUT2D eigenvalue weighted by Gasteiger charge is -2.07. The SMILES string of the molecule is COCCCOc1ccc(CBr)cc1F. The van der Waals surface area contributed by atoms with E-state index >= 15 is 0 Å². The van der Waals surface area contributed by atoms with Gasteiger partial charge in [-0.3, -0.25) is 0 Å². The number of hydrogen-bond acceptors (Lipinski definition) is 2. The number of halogens is 2. The lowest BCUT2D eigenvalue weighted by atomic mass is 10.2. The summed E-state index contributed by atoms with van der Waals surface area (Å²) in [6.07, 6.45) is 0.760. The number of rotatable bonds is 6. The predicted octanol–water partition coefficient (Wildman–Crippen LogP) is 3.14. The van der Waals surface area contributed by atoms with Crippen LogP contribution in [0.5, 0.6) is 5.75 Å². The molecular formula is C11H14BrFO2. The average Bonchev–Trinajstić information content (AvgIpc) is 2.26. The molecule has 0 aliphatic carbocycles. The second kappa shape index (κ2) is 6.80. The van der Waals surface area contributed by atoms with Crippen molar-refractivity contribution in [3.63, 3.8) is 0 Å². The molecule has 1 aromatic carbocycles. The van der Waals surface area contributed by atoms with E-state index in [0.717, 1.165) is 12.0 Å². The van der Waals surface area contributed by atoms with Gasteiger partial charge in [-0.05, 0) is 17.7 Å². The standard InChI is InChI=1S/C11H14BrFO2/c1-14-5-2-6-15-11-4-3-9(8-12)7-10(11)13/h3-4,7H,2,5-6,8H2,1H3. The van der Waals surface area contributed by atoms with Crippen LogP contribution >= 0.6 is 15.9 Å². The lowest BCUT2D eigenvalue weighted by Crippen LogP contribution is -2.02. The summed E-state index contributed by atoms with van der Waals surface area (Å²) in [5.74, 6) is -0.0137. The van der Waals surface area contributed by atoms with E-state index in [2.05, 4.69) is 15.9 Å². The smallest absolute Gasteiger partial charge is 0.165 e. The zero-order chi connectivity index (χ0) is 11.1. The van der Waals surface area contributed by atoms with Gasteiger partial charge in [0.25, 0.3) is 0 Å². The van der Waals surface area contributed by atoms with Crippen LogP contribution in [0.2, 0.25) is 0 Å². The molecule has 0 aliphatic rings. The molecule has 15 heavy (non-hydrogen) atoms. The molecule has 1 rings (SSSR count). The van der Waals surface area contributed by atoms with Crippen LogP contribution < -0.4 is 4.74 Å². The summed E-state index contributed by atoms with van der Waals surface area (Å²) < 4.78 is 23.5. The first kappa shape index (κ1) is 12.5. The van der Waals surface area contributed by atoms with E-state index in [0.29, 0.717) is 24.3 Å². The predicted molar refractivity (Wildman–Crippen MR) is 61.0 cm³/mol. The van der Waals surface area contributed by atoms with Crippen LogP contribution in [0.25, 0.3) is 0 Å². The maximum atomic E-state index is 13.4. The van der Waals surface area contributed by atoms with Crippen molar-refractivity contribution in [2.45, 2.75) is 11.8 Å². The van der Waals surface area contributed by atoms with Gasteiger partial charge >= 0.3 is 0 Å². The molecule has 2 nitrogen and oxygen atoms in total. The molecule has 0 spiro atoms. The summed E-state index contributed by atoms with van der Waals surface area (Å²) in [5.41, 5.74) is 0.900. The summed E-state index contributed by atoms with van der Waals surface area (Å²) in [4.78, 5) is 0. The minimum Gasteiger partial charge on any atom is -0.490 e. The van der Waals surface area contributed by atoms with Crippen LogP contribution in [0.15, 0.2) is 18.2 Å². The first-order valence-corrected chi connectivity index (χ1v) is 5.86. The third-order valence-corrected chi connectivity index (χ3v) is 2.55. The minimum atomic E-state index is -0.315. The molecular weight excluding hydrogens is 263 g/mol. The van der Waals surface area contributed by atoms with Crippen molar-refractivity contribution in [1.29, 1.82) is 0 Å². The fraction of sp³-hybridized carbons (Fsp3) is 0.455. The van der Waals surface area contributed by atoms with E-state index in [-0.39, 0.29) is 5.82 Å². The van der Waals surface area contributed by atoms with Crippen LogP contribution in [0.1, 0.15) is 12.0 Å². The van der Waals surface area contributed by atoms with Gasteiger partial charge in [-0.2, -0.15) is 0 Å². The highest BCUT2D eigenvalue weighted by Crippen LogP contribution is 2.19. The van der Waals surface area contributed by atoms with Crippen LogP contribution in [-0.2, 0) is 10.1 Å². The molecule has 0 amide bonds. The second-order valence-electron chi connectivity index (χ2n) is 3.09. The lowest BCUT2D eigenvalue weighted by molar-refractivity contribution is 0.170. The van der Waals surface area contributed by atoms with Gasteiger partial charge in [0.1, 0.15) is 0 Å². The van der Waals surface area contributed by atoms with Gasteiger partial charge in [0.2, 0.25) is 0 Å². The van der Waals surface area contributed by atoms with Gasteiger partial charge in [0.15, 0.2) is 11.6 Å². The minimum absolute atomic E-state index is 0.302. The largest absolute Gasteiger partial charge is 0.490 e. The normalized spacial score (nSPS) is 10.3. The van der Waals surface area contributed by atoms with E-state index in [1.807, 2.05) is 6.07 Å². The van der Waals surface area contributed by atoms with Crippen molar-refractivity contribution < 1.29 is 13.9 Å². The molecule has 0 atom stereocenters. The van der Waals surface area contributed by atoms with E-state index in [1.165, 1.54) is 6.07 Å². The molecule has 1 aromatic rings. The van der Waals surface area contributed by atoms with Gasteiger partial charge in [0, 0.05) is 25.5 Å². The van der Waals surface area contributed by atoms with E-state index in [4.69, 9.17) is 9.47 Å². The monoisotopic (exact) mass is 276 g/mol. The molecule has 0 saturated heterocycles. The fourth-order valence-corrected chi connectivity index (χ4v) is 1.48. The number of methoxy groups -OCH3 is 1. The molecule has 0 aliphatic heterocycles. The third kappa shape index (κ3) is 4.18. The Kier molecular flexibility index (Phi) is 5.65. The summed E-state index contributed by atoms with van der Waals surface area (Å²) >= 11 is 3.27. The Morgan fingerprint density at radius 1 is 1.33 bits per heavy atom. The molecule has 84 valence electrons. The Labute approximate surface area is 97.5 Å². The number of benzene rings is 1. The molecule has 0 bridgehead atoms. The maximum absolute atomic E-state index is 13.4. The van der Waals surface area contributed by atoms with Gasteiger partial charge < -0.3 is 9.47 Å². The summed E-state index contributed by atoms with van der Waals surface area (Å²) in [6.45, 7) is 1.10. The number of alkyl halides is 1. The molecule has 0 aromatic heterocycles. The van der Waals surface area contributed by atoms with E-state index in [1.54, 1.807) is 13.2 Å². The van der Waals surface area contributed by atoms with E-state index in [9.17, 15) is 4.39 Å². The zero-order valence-electron chi connectivity index (χ0n) is 8.63. The quantitative estimate of drug-likeness (QED) is 0.587. The van der Waals surface area contributed by atoms with Gasteiger partial charge in [0.05, 0.1) is 6.61 Å². The number of hydrogen-bond donors (Lipinski definition) is 0. The van der Waals surface area contributed by atoms with Crippen molar-refractivity contribution >= 4 is 15.9 Å². The maximum Gasteiger partial charge on any atom is 0.165 e. The first-order valence-electron chi connectivity index (χ1n) is 4.74. The molecule has 0 unspecified atom stereocenters. The third-order valence-electron chi connectivity index (χ3n) is 1.90. The topological polar surface area (TPSA) is 18.5 Å². The van der Waals surface area contributed by atoms with Crippen LogP contribution in [0.4, 0.5) is 4.39 Å². The fourth-order valence-electron chi connectivity index (χ4n) is 1.13. The first-order chi connectivity index (χ1) is 7.27.